The van der Waals surface area contributed by atoms with Crippen LogP contribution in [0.15, 0.2) is 30.5 Å². The summed E-state index contributed by atoms with van der Waals surface area (Å²) in [5, 5.41) is 16.8. The third-order valence-electron chi connectivity index (χ3n) is 7.88. The number of carboxylic acids is 1. The van der Waals surface area contributed by atoms with Gasteiger partial charge in [-0.2, -0.15) is 4.68 Å². The van der Waals surface area contributed by atoms with Gasteiger partial charge in [-0.1, -0.05) is 36.6 Å². The minimum absolute atomic E-state index is 0.165. The fourth-order valence-electron chi connectivity index (χ4n) is 6.29. The van der Waals surface area contributed by atoms with Gasteiger partial charge < -0.3 is 15.3 Å². The van der Waals surface area contributed by atoms with Crippen LogP contribution in [0.2, 0.25) is 0 Å². The Bertz CT molecular complexity index is 1140. The Labute approximate surface area is 205 Å². The highest BCUT2D eigenvalue weighted by atomic mass is 16.4. The lowest BCUT2D eigenvalue weighted by atomic mass is 9.78. The van der Waals surface area contributed by atoms with Gasteiger partial charge in [0.05, 0.1) is 5.41 Å². The summed E-state index contributed by atoms with van der Waals surface area (Å²) in [7, 11) is 0. The van der Waals surface area contributed by atoms with Crippen LogP contribution >= 0.6 is 0 Å². The SMILES string of the molecule is CC(=O)Nc1ccn(C(=O)N2CC3CN(Cc4cc(C)cc(C5(C(=O)O)CCCC5)c4)CC3C2)n1. The van der Waals surface area contributed by atoms with Gasteiger partial charge in [0, 0.05) is 51.9 Å². The lowest BCUT2D eigenvalue weighted by Gasteiger charge is -2.26. The Morgan fingerprint density at radius 1 is 1.09 bits per heavy atom. The van der Waals surface area contributed by atoms with E-state index in [1.807, 2.05) is 11.8 Å². The molecule has 2 saturated heterocycles. The van der Waals surface area contributed by atoms with Gasteiger partial charge in [-0.15, -0.1) is 5.10 Å². The first-order valence-electron chi connectivity index (χ1n) is 12.4. The summed E-state index contributed by atoms with van der Waals surface area (Å²) in [6.45, 7) is 7.46. The number of aryl methyl sites for hydroxylation is 1. The van der Waals surface area contributed by atoms with Crippen molar-refractivity contribution < 1.29 is 19.5 Å². The zero-order valence-electron chi connectivity index (χ0n) is 20.4. The van der Waals surface area contributed by atoms with Gasteiger partial charge in [0.1, 0.15) is 0 Å². The van der Waals surface area contributed by atoms with Crippen molar-refractivity contribution in [3.63, 3.8) is 0 Å². The van der Waals surface area contributed by atoms with Crippen LogP contribution in [0.25, 0.3) is 0 Å². The summed E-state index contributed by atoms with van der Waals surface area (Å²) in [5.41, 5.74) is 2.49. The van der Waals surface area contributed by atoms with E-state index in [1.54, 1.807) is 12.3 Å². The molecule has 3 fully saturated rings. The molecule has 35 heavy (non-hydrogen) atoms. The fourth-order valence-corrected chi connectivity index (χ4v) is 6.29. The number of aromatic nitrogens is 2. The molecule has 1 aliphatic carbocycles. The molecule has 2 atom stereocenters. The molecule has 0 bridgehead atoms. The van der Waals surface area contributed by atoms with E-state index in [-0.39, 0.29) is 11.9 Å². The van der Waals surface area contributed by atoms with Crippen molar-refractivity contribution >= 4 is 23.7 Å². The molecule has 1 aromatic carbocycles. The van der Waals surface area contributed by atoms with E-state index in [0.29, 0.717) is 43.6 Å². The minimum Gasteiger partial charge on any atom is -0.481 e. The number of fused-ring (bicyclic) bond motifs is 1. The molecule has 9 heteroatoms. The number of hydrogen-bond donors (Lipinski definition) is 2. The highest BCUT2D eigenvalue weighted by molar-refractivity contribution is 5.88. The lowest BCUT2D eigenvalue weighted by molar-refractivity contribution is -0.143. The van der Waals surface area contributed by atoms with Crippen LogP contribution in [0.5, 0.6) is 0 Å². The van der Waals surface area contributed by atoms with Crippen LogP contribution in [-0.4, -0.2) is 68.8 Å². The molecule has 3 heterocycles. The maximum Gasteiger partial charge on any atom is 0.344 e. The van der Waals surface area contributed by atoms with E-state index >= 15 is 0 Å². The Balaban J connectivity index is 1.22. The van der Waals surface area contributed by atoms with E-state index < -0.39 is 11.4 Å². The molecule has 3 aliphatic rings. The van der Waals surface area contributed by atoms with Crippen LogP contribution in [0, 0.1) is 18.8 Å². The second-order valence-corrected chi connectivity index (χ2v) is 10.5. The summed E-state index contributed by atoms with van der Waals surface area (Å²) in [6.07, 6.45) is 4.94. The lowest BCUT2D eigenvalue weighted by Crippen LogP contribution is -2.36. The normalized spacial score (nSPS) is 23.4. The summed E-state index contributed by atoms with van der Waals surface area (Å²) in [6, 6.07) is 7.79. The van der Waals surface area contributed by atoms with Crippen LogP contribution in [0.1, 0.15) is 49.3 Å². The molecule has 2 unspecified atom stereocenters. The van der Waals surface area contributed by atoms with Crippen molar-refractivity contribution in [2.24, 2.45) is 11.8 Å². The van der Waals surface area contributed by atoms with Crippen molar-refractivity contribution in [1.82, 2.24) is 19.6 Å². The van der Waals surface area contributed by atoms with Crippen molar-refractivity contribution in [1.29, 1.82) is 0 Å². The maximum atomic E-state index is 12.9. The van der Waals surface area contributed by atoms with Crippen LogP contribution in [0.4, 0.5) is 10.6 Å². The minimum atomic E-state index is -0.741. The molecule has 9 nitrogen and oxygen atoms in total. The van der Waals surface area contributed by atoms with E-state index in [0.717, 1.165) is 43.6 Å². The number of anilines is 1. The van der Waals surface area contributed by atoms with Gasteiger partial charge >= 0.3 is 12.0 Å². The summed E-state index contributed by atoms with van der Waals surface area (Å²) in [4.78, 5) is 40.6. The van der Waals surface area contributed by atoms with E-state index in [2.05, 4.69) is 33.5 Å². The van der Waals surface area contributed by atoms with Gasteiger partial charge in [0.2, 0.25) is 5.91 Å². The molecule has 186 valence electrons. The molecule has 2 aromatic rings. The smallest absolute Gasteiger partial charge is 0.344 e. The molecule has 0 radical (unpaired) electrons. The number of benzene rings is 1. The van der Waals surface area contributed by atoms with Crippen LogP contribution in [-0.2, 0) is 21.5 Å². The summed E-state index contributed by atoms with van der Waals surface area (Å²) in [5.74, 6) is 0.271. The number of aliphatic carboxylic acids is 1. The van der Waals surface area contributed by atoms with Gasteiger partial charge in [-0.3, -0.25) is 14.5 Å². The second kappa shape index (κ2) is 9.11. The Morgan fingerprint density at radius 3 is 2.40 bits per heavy atom. The molecule has 1 aromatic heterocycles. The Hall–Kier alpha value is -3.20. The largest absolute Gasteiger partial charge is 0.481 e. The molecule has 0 spiro atoms. The topological polar surface area (TPSA) is 108 Å². The summed E-state index contributed by atoms with van der Waals surface area (Å²) >= 11 is 0. The molecule has 2 amide bonds. The number of rotatable bonds is 5. The molecular weight excluding hydrogens is 446 g/mol. The number of carbonyl (C=O) groups is 3. The van der Waals surface area contributed by atoms with Crippen molar-refractivity contribution in [3.05, 3.63) is 47.2 Å². The highest BCUT2D eigenvalue weighted by Gasteiger charge is 2.44. The predicted molar refractivity (Wildman–Crippen MR) is 130 cm³/mol. The molecule has 2 N–H and O–H groups in total. The first-order valence-corrected chi connectivity index (χ1v) is 12.4. The number of hydrogen-bond acceptors (Lipinski definition) is 5. The quantitative estimate of drug-likeness (QED) is 0.682. The summed E-state index contributed by atoms with van der Waals surface area (Å²) < 4.78 is 1.29. The standard InChI is InChI=1S/C26H33N5O4/c1-17-9-19(11-22(10-17)26(24(33)34)6-3-4-7-26)12-29-13-20-15-30(16-21(20)14-29)25(35)31-8-5-23(28-31)27-18(2)32/h5,8-11,20-21H,3-4,6-7,12-16H2,1-2H3,(H,33,34)(H,27,28,32). The van der Waals surface area contributed by atoms with Gasteiger partial charge in [0.25, 0.3) is 0 Å². The Morgan fingerprint density at radius 2 is 1.77 bits per heavy atom. The van der Waals surface area contributed by atoms with Gasteiger partial charge in [0.15, 0.2) is 5.82 Å². The molecule has 2 aliphatic heterocycles. The third kappa shape index (κ3) is 4.57. The molecule has 5 rings (SSSR count). The second-order valence-electron chi connectivity index (χ2n) is 10.5. The zero-order chi connectivity index (χ0) is 24.7. The van der Waals surface area contributed by atoms with Gasteiger partial charge in [-0.25, -0.2) is 4.79 Å². The average Bonchev–Trinajstić information content (AvgIpc) is 3.56. The van der Waals surface area contributed by atoms with Crippen molar-refractivity contribution in [2.45, 2.75) is 51.5 Å². The molecular formula is C26H33N5O4. The van der Waals surface area contributed by atoms with Crippen LogP contribution in [0.3, 0.4) is 0 Å². The molecule has 1 saturated carbocycles. The van der Waals surface area contributed by atoms with E-state index in [4.69, 9.17) is 0 Å². The highest BCUT2D eigenvalue weighted by Crippen LogP contribution is 2.42. The van der Waals surface area contributed by atoms with Crippen molar-refractivity contribution in [3.8, 4) is 0 Å². The predicted octanol–water partition coefficient (Wildman–Crippen LogP) is 3.08. The Kier molecular flexibility index (Phi) is 6.13. The number of carbonyl (C=O) groups excluding carboxylic acids is 2. The first-order chi connectivity index (χ1) is 16.7. The van der Waals surface area contributed by atoms with Crippen LogP contribution < -0.4 is 5.32 Å². The number of likely N-dealkylation sites (tertiary alicyclic amines) is 2. The van der Waals surface area contributed by atoms with E-state index in [9.17, 15) is 19.5 Å². The van der Waals surface area contributed by atoms with E-state index in [1.165, 1.54) is 17.2 Å². The monoisotopic (exact) mass is 479 g/mol. The van der Waals surface area contributed by atoms with Crippen molar-refractivity contribution in [2.75, 3.05) is 31.5 Å². The number of nitrogens with zero attached hydrogens (tertiary/aromatic N) is 4. The average molecular weight is 480 g/mol. The third-order valence-corrected chi connectivity index (χ3v) is 7.88. The number of carboxylic acid groups (broad SMARTS) is 1. The maximum absolute atomic E-state index is 12.9. The number of nitrogens with one attached hydrogen (secondary N) is 1. The number of amides is 2. The fraction of sp³-hybridized carbons (Fsp3) is 0.538. The first kappa shape index (κ1) is 23.5. The zero-order valence-corrected chi connectivity index (χ0v) is 20.4. The van der Waals surface area contributed by atoms with Gasteiger partial charge in [-0.05, 0) is 42.7 Å².